The molecule has 104 valence electrons. The number of hydrogen-bond donors (Lipinski definition) is 1. The van der Waals surface area contributed by atoms with Crippen molar-refractivity contribution in [3.05, 3.63) is 24.3 Å². The number of aromatic nitrogens is 2. The van der Waals surface area contributed by atoms with Crippen LogP contribution in [0.4, 0.5) is 0 Å². The molecule has 2 unspecified atom stereocenters. The van der Waals surface area contributed by atoms with Gasteiger partial charge in [0.05, 0.1) is 17.4 Å². The van der Waals surface area contributed by atoms with Crippen molar-refractivity contribution < 1.29 is 9.84 Å². The molecule has 4 heteroatoms. The van der Waals surface area contributed by atoms with E-state index in [1.807, 2.05) is 6.07 Å². The SMILES string of the molecule is OC(c1ccncn1)C1CCOC2(CCCCC2)C1. The normalized spacial score (nSPS) is 28.2. The molecular weight excluding hydrogens is 240 g/mol. The summed E-state index contributed by atoms with van der Waals surface area (Å²) in [6.45, 7) is 0.771. The van der Waals surface area contributed by atoms with Gasteiger partial charge in [-0.3, -0.25) is 0 Å². The fourth-order valence-corrected chi connectivity index (χ4v) is 3.60. The van der Waals surface area contributed by atoms with E-state index in [9.17, 15) is 5.11 Å². The van der Waals surface area contributed by atoms with Crippen LogP contribution in [0, 0.1) is 5.92 Å². The molecule has 0 aromatic carbocycles. The maximum atomic E-state index is 10.5. The van der Waals surface area contributed by atoms with Crippen molar-refractivity contribution in [1.82, 2.24) is 9.97 Å². The minimum Gasteiger partial charge on any atom is -0.387 e. The van der Waals surface area contributed by atoms with Crippen LogP contribution in [-0.4, -0.2) is 27.3 Å². The first-order chi connectivity index (χ1) is 9.29. The zero-order valence-corrected chi connectivity index (χ0v) is 11.3. The molecule has 3 rings (SSSR count). The first kappa shape index (κ1) is 13.0. The van der Waals surface area contributed by atoms with E-state index in [-0.39, 0.29) is 11.5 Å². The molecule has 1 saturated heterocycles. The number of ether oxygens (including phenoxy) is 1. The van der Waals surface area contributed by atoms with E-state index >= 15 is 0 Å². The molecular formula is C15H22N2O2. The lowest BCUT2D eigenvalue weighted by Crippen LogP contribution is -2.42. The van der Waals surface area contributed by atoms with Gasteiger partial charge in [0.1, 0.15) is 6.33 Å². The van der Waals surface area contributed by atoms with E-state index < -0.39 is 6.10 Å². The Bertz CT molecular complexity index is 398. The van der Waals surface area contributed by atoms with Gasteiger partial charge in [-0.15, -0.1) is 0 Å². The van der Waals surface area contributed by atoms with Crippen LogP contribution in [0.25, 0.3) is 0 Å². The lowest BCUT2D eigenvalue weighted by Gasteiger charge is -2.44. The van der Waals surface area contributed by atoms with E-state index in [1.165, 1.54) is 25.6 Å². The minimum atomic E-state index is -0.481. The number of aliphatic hydroxyl groups excluding tert-OH is 1. The van der Waals surface area contributed by atoms with Gasteiger partial charge in [0.15, 0.2) is 0 Å². The Hall–Kier alpha value is -1.00. The van der Waals surface area contributed by atoms with Crippen molar-refractivity contribution in [2.75, 3.05) is 6.61 Å². The Labute approximate surface area is 114 Å². The van der Waals surface area contributed by atoms with Crippen LogP contribution >= 0.6 is 0 Å². The molecule has 2 heterocycles. The van der Waals surface area contributed by atoms with Gasteiger partial charge in [-0.25, -0.2) is 9.97 Å². The van der Waals surface area contributed by atoms with Crippen molar-refractivity contribution in [1.29, 1.82) is 0 Å². The summed E-state index contributed by atoms with van der Waals surface area (Å²) in [5.74, 6) is 0.266. The molecule has 0 radical (unpaired) electrons. The summed E-state index contributed by atoms with van der Waals surface area (Å²) < 4.78 is 6.08. The summed E-state index contributed by atoms with van der Waals surface area (Å²) in [5.41, 5.74) is 0.780. The van der Waals surface area contributed by atoms with Gasteiger partial charge >= 0.3 is 0 Å². The second kappa shape index (κ2) is 5.55. The highest BCUT2D eigenvalue weighted by Gasteiger charge is 2.40. The molecule has 1 aromatic heterocycles. The van der Waals surface area contributed by atoms with Crippen molar-refractivity contribution >= 4 is 0 Å². The standard InChI is InChI=1S/C15H22N2O2/c18-14(13-4-8-16-11-17-13)12-5-9-19-15(10-12)6-2-1-3-7-15/h4,8,11-12,14,18H,1-3,5-7,9-10H2. The third-order valence-corrected chi connectivity index (χ3v) is 4.65. The lowest BCUT2D eigenvalue weighted by atomic mass is 9.74. The number of aliphatic hydroxyl groups is 1. The highest BCUT2D eigenvalue weighted by atomic mass is 16.5. The van der Waals surface area contributed by atoms with Gasteiger partial charge in [-0.1, -0.05) is 19.3 Å². The molecule has 0 amide bonds. The van der Waals surface area contributed by atoms with Gasteiger partial charge in [0.25, 0.3) is 0 Å². The Morgan fingerprint density at radius 2 is 2.16 bits per heavy atom. The fourth-order valence-electron chi connectivity index (χ4n) is 3.60. The summed E-state index contributed by atoms with van der Waals surface area (Å²) in [5, 5.41) is 10.5. The molecule has 1 aliphatic heterocycles. The first-order valence-corrected chi connectivity index (χ1v) is 7.37. The van der Waals surface area contributed by atoms with E-state index in [4.69, 9.17) is 4.74 Å². The van der Waals surface area contributed by atoms with E-state index in [0.29, 0.717) is 0 Å². The molecule has 1 aliphatic carbocycles. The quantitative estimate of drug-likeness (QED) is 0.890. The third kappa shape index (κ3) is 2.79. The summed E-state index contributed by atoms with van der Waals surface area (Å²) in [6.07, 6.45) is 10.8. The van der Waals surface area contributed by atoms with Crippen LogP contribution in [-0.2, 0) is 4.74 Å². The second-order valence-electron chi connectivity index (χ2n) is 5.92. The highest BCUT2D eigenvalue weighted by Crippen LogP contribution is 2.43. The van der Waals surface area contributed by atoms with Crippen LogP contribution in [0.3, 0.4) is 0 Å². The molecule has 0 bridgehead atoms. The summed E-state index contributed by atoms with van der Waals surface area (Å²) in [6, 6.07) is 1.81. The van der Waals surface area contributed by atoms with E-state index in [2.05, 4.69) is 9.97 Å². The van der Waals surface area contributed by atoms with Crippen molar-refractivity contribution in [3.8, 4) is 0 Å². The van der Waals surface area contributed by atoms with Crippen molar-refractivity contribution in [2.24, 2.45) is 5.92 Å². The molecule has 1 N–H and O–H groups in total. The predicted molar refractivity (Wildman–Crippen MR) is 71.5 cm³/mol. The largest absolute Gasteiger partial charge is 0.387 e. The van der Waals surface area contributed by atoms with Crippen LogP contribution in [0.2, 0.25) is 0 Å². The maximum Gasteiger partial charge on any atom is 0.115 e. The molecule has 4 nitrogen and oxygen atoms in total. The van der Waals surface area contributed by atoms with Gasteiger partial charge in [-0.2, -0.15) is 0 Å². The fraction of sp³-hybridized carbons (Fsp3) is 0.733. The lowest BCUT2D eigenvalue weighted by molar-refractivity contribution is -0.134. The molecule has 1 aromatic rings. The van der Waals surface area contributed by atoms with Crippen molar-refractivity contribution in [3.63, 3.8) is 0 Å². The topological polar surface area (TPSA) is 55.2 Å². The molecule has 19 heavy (non-hydrogen) atoms. The Morgan fingerprint density at radius 1 is 1.32 bits per heavy atom. The predicted octanol–water partition coefficient (Wildman–Crippen LogP) is 2.64. The van der Waals surface area contributed by atoms with Crippen molar-refractivity contribution in [2.45, 2.75) is 56.7 Å². The third-order valence-electron chi connectivity index (χ3n) is 4.65. The number of hydrogen-bond acceptors (Lipinski definition) is 4. The monoisotopic (exact) mass is 262 g/mol. The van der Waals surface area contributed by atoms with E-state index in [0.717, 1.165) is 38.0 Å². The Morgan fingerprint density at radius 3 is 2.89 bits per heavy atom. The molecule has 1 saturated carbocycles. The van der Waals surface area contributed by atoms with Gasteiger partial charge < -0.3 is 9.84 Å². The molecule has 1 spiro atoms. The Kier molecular flexibility index (Phi) is 3.80. The smallest absolute Gasteiger partial charge is 0.115 e. The van der Waals surface area contributed by atoms with Crippen LogP contribution in [0.5, 0.6) is 0 Å². The van der Waals surface area contributed by atoms with Gasteiger partial charge in [0, 0.05) is 12.8 Å². The van der Waals surface area contributed by atoms with Crippen LogP contribution < -0.4 is 0 Å². The highest BCUT2D eigenvalue weighted by molar-refractivity contribution is 5.05. The van der Waals surface area contributed by atoms with Crippen LogP contribution in [0.15, 0.2) is 18.6 Å². The summed E-state index contributed by atoms with van der Waals surface area (Å²) in [7, 11) is 0. The minimum absolute atomic E-state index is 0.0369. The number of rotatable bonds is 2. The maximum absolute atomic E-state index is 10.5. The Balaban J connectivity index is 1.71. The molecule has 2 fully saturated rings. The van der Waals surface area contributed by atoms with Gasteiger partial charge in [0.2, 0.25) is 0 Å². The van der Waals surface area contributed by atoms with Crippen LogP contribution in [0.1, 0.15) is 56.7 Å². The average Bonchev–Trinajstić information content (AvgIpc) is 2.48. The number of nitrogens with zero attached hydrogens (tertiary/aromatic N) is 2. The first-order valence-electron chi connectivity index (χ1n) is 7.37. The van der Waals surface area contributed by atoms with Gasteiger partial charge in [-0.05, 0) is 37.7 Å². The average molecular weight is 262 g/mol. The molecule has 2 atom stereocenters. The second-order valence-corrected chi connectivity index (χ2v) is 5.92. The zero-order chi connectivity index (χ0) is 13.1. The summed E-state index contributed by atoms with van der Waals surface area (Å²) in [4.78, 5) is 8.09. The zero-order valence-electron chi connectivity index (χ0n) is 11.3. The molecule has 2 aliphatic rings. The summed E-state index contributed by atoms with van der Waals surface area (Å²) >= 11 is 0. The van der Waals surface area contributed by atoms with E-state index in [1.54, 1.807) is 6.20 Å².